The maximum Gasteiger partial charge on any atom is 0.407 e. The van der Waals surface area contributed by atoms with Crippen LogP contribution in [0.25, 0.3) is 11.1 Å². The number of hydrogen-bond donors (Lipinski definition) is 2. The minimum Gasteiger partial charge on any atom is -0.444 e. The van der Waals surface area contributed by atoms with Crippen LogP contribution >= 0.6 is 0 Å². The predicted octanol–water partition coefficient (Wildman–Crippen LogP) is 3.91. The molecule has 2 aromatic rings. The van der Waals surface area contributed by atoms with Crippen LogP contribution in [0.5, 0.6) is 0 Å². The highest BCUT2D eigenvalue weighted by Crippen LogP contribution is 2.21. The largest absolute Gasteiger partial charge is 0.444 e. The van der Waals surface area contributed by atoms with E-state index in [0.29, 0.717) is 0 Å². The number of rotatable bonds is 4. The molecule has 2 N–H and O–H groups in total. The van der Waals surface area contributed by atoms with Crippen LogP contribution in [0, 0.1) is 0 Å². The first-order valence-electron chi connectivity index (χ1n) is 7.65. The van der Waals surface area contributed by atoms with Gasteiger partial charge in [0.05, 0.1) is 12.6 Å². The van der Waals surface area contributed by atoms with Crippen molar-refractivity contribution in [1.82, 2.24) is 5.32 Å². The average molecular weight is 313 g/mol. The molecule has 23 heavy (non-hydrogen) atoms. The molecule has 0 radical (unpaired) electrons. The van der Waals surface area contributed by atoms with Gasteiger partial charge in [-0.15, -0.1) is 0 Å². The van der Waals surface area contributed by atoms with E-state index in [1.54, 1.807) is 20.8 Å². The molecule has 2 rings (SSSR count). The molecule has 4 heteroatoms. The maximum atomic E-state index is 11.6. The summed E-state index contributed by atoms with van der Waals surface area (Å²) >= 11 is 0. The maximum absolute atomic E-state index is 11.6. The lowest BCUT2D eigenvalue weighted by atomic mass is 10.0. The minimum absolute atomic E-state index is 0.111. The Kier molecular flexibility index (Phi) is 5.40. The zero-order valence-corrected chi connectivity index (χ0v) is 13.7. The topological polar surface area (TPSA) is 58.6 Å². The van der Waals surface area contributed by atoms with Crippen molar-refractivity contribution in [1.29, 1.82) is 0 Å². The van der Waals surface area contributed by atoms with Gasteiger partial charge < -0.3 is 15.2 Å². The van der Waals surface area contributed by atoms with E-state index in [1.807, 2.05) is 54.6 Å². The van der Waals surface area contributed by atoms with Gasteiger partial charge in [-0.25, -0.2) is 4.79 Å². The van der Waals surface area contributed by atoms with E-state index in [2.05, 4.69) is 5.32 Å². The first-order valence-corrected chi connectivity index (χ1v) is 7.65. The number of alkyl carbamates (subject to hydrolysis) is 1. The summed E-state index contributed by atoms with van der Waals surface area (Å²) in [5.41, 5.74) is 2.41. The Morgan fingerprint density at radius 2 is 1.61 bits per heavy atom. The summed E-state index contributed by atoms with van der Waals surface area (Å²) in [7, 11) is 0. The predicted molar refractivity (Wildman–Crippen MR) is 91.1 cm³/mol. The highest BCUT2D eigenvalue weighted by atomic mass is 16.6. The molecule has 0 saturated heterocycles. The third-order valence-electron chi connectivity index (χ3n) is 3.24. The van der Waals surface area contributed by atoms with E-state index < -0.39 is 17.8 Å². The Bertz CT molecular complexity index is 630. The molecule has 1 atom stereocenters. The van der Waals surface area contributed by atoms with Crippen LogP contribution in [0.2, 0.25) is 0 Å². The summed E-state index contributed by atoms with van der Waals surface area (Å²) in [6.45, 7) is 5.50. The fraction of sp³-hybridized carbons (Fsp3) is 0.316. The van der Waals surface area contributed by atoms with Gasteiger partial charge in [0.1, 0.15) is 5.60 Å². The lowest BCUT2D eigenvalue weighted by molar-refractivity contribution is 0.0492. The van der Waals surface area contributed by atoms with Crippen molar-refractivity contribution in [3.8, 4) is 11.1 Å². The van der Waals surface area contributed by atoms with Gasteiger partial charge >= 0.3 is 6.09 Å². The number of aliphatic hydroxyl groups excluding tert-OH is 1. The molecule has 0 spiro atoms. The summed E-state index contributed by atoms with van der Waals surface area (Å²) in [5, 5.41) is 12.7. The minimum atomic E-state index is -0.771. The van der Waals surface area contributed by atoms with Gasteiger partial charge in [-0.1, -0.05) is 54.6 Å². The van der Waals surface area contributed by atoms with Crippen LogP contribution in [0.15, 0.2) is 54.6 Å². The molecule has 0 aliphatic heterocycles. The number of carbonyl (C=O) groups excluding carboxylic acids is 1. The second-order valence-corrected chi connectivity index (χ2v) is 6.39. The standard InChI is InChI=1S/C19H23NO3/c1-19(2,3)23-18(22)20-13-17(21)16-11-9-15(10-12-16)14-7-5-4-6-8-14/h4-12,17,21H,13H2,1-3H3,(H,20,22). The Hall–Kier alpha value is -2.33. The summed E-state index contributed by atoms with van der Waals surface area (Å²) < 4.78 is 5.14. The molecule has 0 saturated carbocycles. The molecule has 1 unspecified atom stereocenters. The molecular weight excluding hydrogens is 290 g/mol. The van der Waals surface area contributed by atoms with Crippen LogP contribution in [0.3, 0.4) is 0 Å². The van der Waals surface area contributed by atoms with Crippen molar-refractivity contribution in [3.63, 3.8) is 0 Å². The molecular formula is C19H23NO3. The van der Waals surface area contributed by atoms with Crippen LogP contribution in [-0.2, 0) is 4.74 Å². The molecule has 0 aliphatic rings. The molecule has 0 fully saturated rings. The molecule has 0 aromatic heterocycles. The quantitative estimate of drug-likeness (QED) is 0.899. The highest BCUT2D eigenvalue weighted by Gasteiger charge is 2.17. The molecule has 0 aliphatic carbocycles. The first-order chi connectivity index (χ1) is 10.8. The van der Waals surface area contributed by atoms with Crippen molar-refractivity contribution in [2.75, 3.05) is 6.54 Å². The lowest BCUT2D eigenvalue weighted by Crippen LogP contribution is -2.34. The summed E-state index contributed by atoms with van der Waals surface area (Å²) in [6.07, 6.45) is -1.30. The average Bonchev–Trinajstić information content (AvgIpc) is 2.52. The van der Waals surface area contributed by atoms with Gasteiger partial charge in [0.2, 0.25) is 0 Å². The molecule has 0 bridgehead atoms. The second kappa shape index (κ2) is 7.29. The number of benzene rings is 2. The van der Waals surface area contributed by atoms with Gasteiger partial charge in [-0.3, -0.25) is 0 Å². The smallest absolute Gasteiger partial charge is 0.407 e. The first kappa shape index (κ1) is 17.0. The normalized spacial score (nSPS) is 12.5. The van der Waals surface area contributed by atoms with Gasteiger partial charge in [0.15, 0.2) is 0 Å². The number of aliphatic hydroxyl groups is 1. The van der Waals surface area contributed by atoms with Crippen molar-refractivity contribution in [2.45, 2.75) is 32.5 Å². The van der Waals surface area contributed by atoms with Crippen LogP contribution in [0.4, 0.5) is 4.79 Å². The fourth-order valence-electron chi connectivity index (χ4n) is 2.14. The molecule has 2 aromatic carbocycles. The van der Waals surface area contributed by atoms with Crippen LogP contribution in [0.1, 0.15) is 32.4 Å². The highest BCUT2D eigenvalue weighted by molar-refractivity contribution is 5.67. The molecule has 0 heterocycles. The number of hydrogen-bond acceptors (Lipinski definition) is 3. The van der Waals surface area contributed by atoms with E-state index in [9.17, 15) is 9.90 Å². The Morgan fingerprint density at radius 3 is 2.17 bits per heavy atom. The van der Waals surface area contributed by atoms with Gasteiger partial charge in [0.25, 0.3) is 0 Å². The zero-order chi connectivity index (χ0) is 16.9. The van der Waals surface area contributed by atoms with Crippen molar-refractivity contribution >= 4 is 6.09 Å². The summed E-state index contributed by atoms with van der Waals surface area (Å²) in [6, 6.07) is 17.7. The monoisotopic (exact) mass is 313 g/mol. The van der Waals surface area contributed by atoms with E-state index in [-0.39, 0.29) is 6.54 Å². The third-order valence-corrected chi connectivity index (χ3v) is 3.24. The van der Waals surface area contributed by atoms with Gasteiger partial charge in [-0.05, 0) is 37.5 Å². The Labute approximate surface area is 137 Å². The van der Waals surface area contributed by atoms with E-state index >= 15 is 0 Å². The summed E-state index contributed by atoms with van der Waals surface area (Å²) in [4.78, 5) is 11.6. The van der Waals surface area contributed by atoms with E-state index in [0.717, 1.165) is 16.7 Å². The Balaban J connectivity index is 1.93. The number of nitrogens with one attached hydrogen (secondary N) is 1. The number of amides is 1. The molecule has 4 nitrogen and oxygen atoms in total. The summed E-state index contributed by atoms with van der Waals surface area (Å²) in [5.74, 6) is 0. The van der Waals surface area contributed by atoms with Crippen molar-refractivity contribution < 1.29 is 14.6 Å². The van der Waals surface area contributed by atoms with Gasteiger partial charge in [0, 0.05) is 0 Å². The third kappa shape index (κ3) is 5.42. The van der Waals surface area contributed by atoms with Crippen molar-refractivity contribution in [3.05, 3.63) is 60.2 Å². The number of carbonyl (C=O) groups is 1. The van der Waals surface area contributed by atoms with Gasteiger partial charge in [-0.2, -0.15) is 0 Å². The second-order valence-electron chi connectivity index (χ2n) is 6.39. The molecule has 1 amide bonds. The van der Waals surface area contributed by atoms with Crippen LogP contribution < -0.4 is 5.32 Å². The SMILES string of the molecule is CC(C)(C)OC(=O)NCC(O)c1ccc(-c2ccccc2)cc1. The fourth-order valence-corrected chi connectivity index (χ4v) is 2.14. The van der Waals surface area contributed by atoms with Crippen LogP contribution in [-0.4, -0.2) is 23.3 Å². The lowest BCUT2D eigenvalue weighted by Gasteiger charge is -2.20. The van der Waals surface area contributed by atoms with E-state index in [4.69, 9.17) is 4.74 Å². The zero-order valence-electron chi connectivity index (χ0n) is 13.7. The Morgan fingerprint density at radius 1 is 1.04 bits per heavy atom. The number of ether oxygens (including phenoxy) is 1. The van der Waals surface area contributed by atoms with Crippen molar-refractivity contribution in [2.24, 2.45) is 0 Å². The van der Waals surface area contributed by atoms with E-state index in [1.165, 1.54) is 0 Å². The molecule has 122 valence electrons.